The van der Waals surface area contributed by atoms with E-state index in [0.717, 1.165) is 0 Å². The molecule has 1 aromatic carbocycles. The third-order valence-corrected chi connectivity index (χ3v) is 2.12. The van der Waals surface area contributed by atoms with Gasteiger partial charge in [-0.3, -0.25) is 4.79 Å². The van der Waals surface area contributed by atoms with E-state index in [4.69, 9.17) is 9.47 Å². The fraction of sp³-hybridized carbons (Fsp3) is 0.417. The monoisotopic (exact) mass is 226 g/mol. The number of halogens is 1. The summed E-state index contributed by atoms with van der Waals surface area (Å²) in [5.74, 6) is -0.254. The van der Waals surface area contributed by atoms with E-state index in [-0.39, 0.29) is 17.8 Å². The summed E-state index contributed by atoms with van der Waals surface area (Å²) in [6.07, 6.45) is 0.276. The molecule has 0 spiro atoms. The first-order valence-electron chi connectivity index (χ1n) is 5.13. The molecule has 0 bridgehead atoms. The Morgan fingerprint density at radius 2 is 2.12 bits per heavy atom. The van der Waals surface area contributed by atoms with Crippen LogP contribution in [0.5, 0.6) is 5.75 Å². The largest absolute Gasteiger partial charge is 0.491 e. The zero-order valence-electron chi connectivity index (χ0n) is 9.46. The van der Waals surface area contributed by atoms with Gasteiger partial charge in [-0.2, -0.15) is 0 Å². The minimum absolute atomic E-state index is 0.0809. The molecule has 0 aliphatic rings. The first kappa shape index (κ1) is 12.6. The number of carbonyl (C=O) groups is 1. The van der Waals surface area contributed by atoms with Crippen LogP contribution in [0.1, 0.15) is 23.7 Å². The van der Waals surface area contributed by atoms with Crippen LogP contribution in [-0.4, -0.2) is 26.1 Å². The SMILES string of the molecule is CCC(=O)c1cc(OCCOC)ccc1F. The highest BCUT2D eigenvalue weighted by atomic mass is 19.1. The molecule has 0 heterocycles. The van der Waals surface area contributed by atoms with Crippen LogP contribution in [0.3, 0.4) is 0 Å². The maximum atomic E-state index is 13.3. The molecule has 0 N–H and O–H groups in total. The number of hydrogen-bond acceptors (Lipinski definition) is 3. The van der Waals surface area contributed by atoms with Crippen molar-refractivity contribution in [3.8, 4) is 5.75 Å². The van der Waals surface area contributed by atoms with Gasteiger partial charge in [-0.1, -0.05) is 6.92 Å². The van der Waals surface area contributed by atoms with Gasteiger partial charge in [0.25, 0.3) is 0 Å². The van der Waals surface area contributed by atoms with Gasteiger partial charge in [0.1, 0.15) is 18.2 Å². The number of benzene rings is 1. The van der Waals surface area contributed by atoms with Gasteiger partial charge in [-0.15, -0.1) is 0 Å². The van der Waals surface area contributed by atoms with E-state index in [9.17, 15) is 9.18 Å². The standard InChI is InChI=1S/C12H15FO3/c1-3-12(14)10-8-9(4-5-11(10)13)16-7-6-15-2/h4-5,8H,3,6-7H2,1-2H3. The average molecular weight is 226 g/mol. The lowest BCUT2D eigenvalue weighted by molar-refractivity contribution is 0.0983. The Morgan fingerprint density at radius 1 is 1.38 bits per heavy atom. The second-order valence-electron chi connectivity index (χ2n) is 3.26. The van der Waals surface area contributed by atoms with Gasteiger partial charge < -0.3 is 9.47 Å². The van der Waals surface area contributed by atoms with Gasteiger partial charge in [0.2, 0.25) is 0 Å². The Balaban J connectivity index is 2.77. The summed E-state index contributed by atoms with van der Waals surface area (Å²) in [5, 5.41) is 0. The van der Waals surface area contributed by atoms with Crippen molar-refractivity contribution in [2.24, 2.45) is 0 Å². The fourth-order valence-electron chi connectivity index (χ4n) is 1.24. The van der Waals surface area contributed by atoms with Crippen LogP contribution in [0.4, 0.5) is 4.39 Å². The Morgan fingerprint density at radius 3 is 2.75 bits per heavy atom. The molecule has 88 valence electrons. The number of methoxy groups -OCH3 is 1. The summed E-state index contributed by atoms with van der Waals surface area (Å²) in [6.45, 7) is 2.52. The van der Waals surface area contributed by atoms with Crippen molar-refractivity contribution in [2.75, 3.05) is 20.3 Å². The van der Waals surface area contributed by atoms with E-state index < -0.39 is 5.82 Å². The molecule has 0 amide bonds. The Bertz CT molecular complexity index is 363. The Kier molecular flexibility index (Phi) is 4.92. The highest BCUT2D eigenvalue weighted by Crippen LogP contribution is 2.18. The predicted octanol–water partition coefficient (Wildman–Crippen LogP) is 2.44. The summed E-state index contributed by atoms with van der Waals surface area (Å²) in [7, 11) is 1.57. The molecule has 0 saturated carbocycles. The summed E-state index contributed by atoms with van der Waals surface area (Å²) in [4.78, 5) is 11.4. The van der Waals surface area contributed by atoms with Crippen LogP contribution in [-0.2, 0) is 4.74 Å². The summed E-state index contributed by atoms with van der Waals surface area (Å²) < 4.78 is 23.4. The molecule has 0 radical (unpaired) electrons. The Labute approximate surface area is 94.2 Å². The number of hydrogen-bond donors (Lipinski definition) is 0. The zero-order valence-corrected chi connectivity index (χ0v) is 9.46. The summed E-state index contributed by atoms with van der Waals surface area (Å²) >= 11 is 0. The molecular formula is C12H15FO3. The lowest BCUT2D eigenvalue weighted by Crippen LogP contribution is -2.06. The number of carbonyl (C=O) groups excluding carboxylic acids is 1. The van der Waals surface area contributed by atoms with Crippen LogP contribution in [0.15, 0.2) is 18.2 Å². The molecule has 0 aliphatic carbocycles. The van der Waals surface area contributed by atoms with Crippen molar-refractivity contribution in [1.29, 1.82) is 0 Å². The topological polar surface area (TPSA) is 35.5 Å². The maximum Gasteiger partial charge on any atom is 0.165 e. The van der Waals surface area contributed by atoms with E-state index in [1.807, 2.05) is 0 Å². The van der Waals surface area contributed by atoms with Gasteiger partial charge >= 0.3 is 0 Å². The highest BCUT2D eigenvalue weighted by molar-refractivity contribution is 5.96. The van der Waals surface area contributed by atoms with E-state index in [0.29, 0.717) is 19.0 Å². The van der Waals surface area contributed by atoms with E-state index >= 15 is 0 Å². The lowest BCUT2D eigenvalue weighted by atomic mass is 10.1. The molecule has 0 unspecified atom stereocenters. The summed E-state index contributed by atoms with van der Waals surface area (Å²) in [5.41, 5.74) is 0.0809. The van der Waals surface area contributed by atoms with E-state index in [1.165, 1.54) is 18.2 Å². The lowest BCUT2D eigenvalue weighted by Gasteiger charge is -2.07. The van der Waals surface area contributed by atoms with E-state index in [1.54, 1.807) is 14.0 Å². The number of ether oxygens (including phenoxy) is 2. The van der Waals surface area contributed by atoms with Crippen molar-refractivity contribution in [3.63, 3.8) is 0 Å². The van der Waals surface area contributed by atoms with Crippen molar-refractivity contribution in [1.82, 2.24) is 0 Å². The Hall–Kier alpha value is -1.42. The second-order valence-corrected chi connectivity index (χ2v) is 3.26. The highest BCUT2D eigenvalue weighted by Gasteiger charge is 2.10. The first-order valence-corrected chi connectivity index (χ1v) is 5.13. The molecule has 16 heavy (non-hydrogen) atoms. The van der Waals surface area contributed by atoms with E-state index in [2.05, 4.69) is 0 Å². The zero-order chi connectivity index (χ0) is 12.0. The molecular weight excluding hydrogens is 211 g/mol. The number of rotatable bonds is 6. The first-order chi connectivity index (χ1) is 7.69. The maximum absolute atomic E-state index is 13.3. The second kappa shape index (κ2) is 6.23. The van der Waals surface area contributed by atoms with Gasteiger partial charge in [-0.25, -0.2) is 4.39 Å². The third-order valence-electron chi connectivity index (χ3n) is 2.12. The molecule has 4 heteroatoms. The van der Waals surface area contributed by atoms with Crippen LogP contribution in [0.2, 0.25) is 0 Å². The molecule has 0 saturated heterocycles. The number of Topliss-reactive ketones (excluding diaryl/α,β-unsaturated/α-hetero) is 1. The van der Waals surface area contributed by atoms with Crippen LogP contribution < -0.4 is 4.74 Å². The van der Waals surface area contributed by atoms with Crippen molar-refractivity contribution in [3.05, 3.63) is 29.6 Å². The van der Waals surface area contributed by atoms with Crippen LogP contribution >= 0.6 is 0 Å². The number of ketones is 1. The minimum atomic E-state index is -0.508. The smallest absolute Gasteiger partial charge is 0.165 e. The molecule has 1 rings (SSSR count). The van der Waals surface area contributed by atoms with Gasteiger partial charge in [0.05, 0.1) is 12.2 Å². The third kappa shape index (κ3) is 3.31. The normalized spacial score (nSPS) is 10.2. The molecule has 1 aromatic rings. The molecule has 0 aromatic heterocycles. The predicted molar refractivity (Wildman–Crippen MR) is 58.4 cm³/mol. The molecule has 3 nitrogen and oxygen atoms in total. The fourth-order valence-corrected chi connectivity index (χ4v) is 1.24. The van der Waals surface area contributed by atoms with Gasteiger partial charge in [-0.05, 0) is 18.2 Å². The summed E-state index contributed by atoms with van der Waals surface area (Å²) in [6, 6.07) is 4.17. The van der Waals surface area contributed by atoms with Crippen LogP contribution in [0, 0.1) is 5.82 Å². The quantitative estimate of drug-likeness (QED) is 0.552. The van der Waals surface area contributed by atoms with Gasteiger partial charge in [0.15, 0.2) is 5.78 Å². The molecule has 0 aliphatic heterocycles. The molecule has 0 fully saturated rings. The van der Waals surface area contributed by atoms with Crippen molar-refractivity contribution >= 4 is 5.78 Å². The van der Waals surface area contributed by atoms with Crippen LogP contribution in [0.25, 0.3) is 0 Å². The van der Waals surface area contributed by atoms with Crippen molar-refractivity contribution < 1.29 is 18.7 Å². The average Bonchev–Trinajstić information content (AvgIpc) is 2.30. The van der Waals surface area contributed by atoms with Crippen molar-refractivity contribution in [2.45, 2.75) is 13.3 Å². The van der Waals surface area contributed by atoms with Gasteiger partial charge in [0, 0.05) is 13.5 Å². The molecule has 0 atom stereocenters. The minimum Gasteiger partial charge on any atom is -0.491 e.